The minimum absolute atomic E-state index is 0. The van der Waals surface area contributed by atoms with Crippen LogP contribution in [0.25, 0.3) is 0 Å². The van der Waals surface area contributed by atoms with Crippen LogP contribution in [-0.4, -0.2) is 52.4 Å². The average Bonchev–Trinajstić information content (AvgIpc) is 2.62. The van der Waals surface area contributed by atoms with Crippen LogP contribution >= 0.6 is 12.4 Å². The van der Waals surface area contributed by atoms with E-state index >= 15 is 0 Å². The number of hydrogen-bond acceptors (Lipinski definition) is 6. The van der Waals surface area contributed by atoms with Crippen molar-refractivity contribution in [2.75, 3.05) is 32.1 Å². The Kier molecular flexibility index (Phi) is 7.14. The minimum atomic E-state index is -3.55. The van der Waals surface area contributed by atoms with Crippen LogP contribution < -0.4 is 20.1 Å². The van der Waals surface area contributed by atoms with Crippen molar-refractivity contribution < 1.29 is 22.7 Å². The first kappa shape index (κ1) is 20.8. The molecule has 1 aromatic rings. The number of halogens is 1. The van der Waals surface area contributed by atoms with E-state index in [-0.39, 0.29) is 41.4 Å². The van der Waals surface area contributed by atoms with Gasteiger partial charge in [0.05, 0.1) is 10.6 Å². The molecule has 1 aromatic carbocycles. The van der Waals surface area contributed by atoms with E-state index in [1.165, 1.54) is 12.1 Å². The van der Waals surface area contributed by atoms with Crippen LogP contribution in [0, 0.1) is 5.92 Å². The maximum atomic E-state index is 12.5. The number of carbonyl (C=O) groups excluding carboxylic acids is 1. The molecule has 0 bridgehead atoms. The van der Waals surface area contributed by atoms with Gasteiger partial charge in [0.25, 0.3) is 0 Å². The van der Waals surface area contributed by atoms with E-state index in [1.54, 1.807) is 6.07 Å². The van der Waals surface area contributed by atoms with Gasteiger partial charge in [-0.3, -0.25) is 4.79 Å². The monoisotopic (exact) mass is 404 g/mol. The number of amides is 1. The van der Waals surface area contributed by atoms with Crippen molar-refractivity contribution in [3.8, 4) is 11.5 Å². The van der Waals surface area contributed by atoms with Gasteiger partial charge in [-0.2, -0.15) is 0 Å². The summed E-state index contributed by atoms with van der Waals surface area (Å²) < 4.78 is 35.8. The molecule has 0 aliphatic carbocycles. The number of fused-ring (bicyclic) bond motifs is 1. The van der Waals surface area contributed by atoms with Crippen molar-refractivity contribution in [1.29, 1.82) is 0 Å². The number of sulfone groups is 1. The van der Waals surface area contributed by atoms with E-state index in [4.69, 9.17) is 9.47 Å². The van der Waals surface area contributed by atoms with Crippen LogP contribution in [-0.2, 0) is 14.6 Å². The molecule has 2 atom stereocenters. The minimum Gasteiger partial charge on any atom is -0.486 e. The Morgan fingerprint density at radius 2 is 2.00 bits per heavy atom. The first-order chi connectivity index (χ1) is 12.0. The second-order valence-corrected chi connectivity index (χ2v) is 8.63. The van der Waals surface area contributed by atoms with E-state index in [1.807, 2.05) is 0 Å². The molecule has 1 saturated heterocycles. The van der Waals surface area contributed by atoms with Crippen molar-refractivity contribution >= 4 is 28.2 Å². The zero-order valence-electron chi connectivity index (χ0n) is 14.7. The molecule has 2 unspecified atom stereocenters. The summed E-state index contributed by atoms with van der Waals surface area (Å²) in [5.41, 5.74) is 0. The predicted molar refractivity (Wildman–Crippen MR) is 99.9 cm³/mol. The standard InChI is InChI=1S/C17H24N2O5S.ClH/c1-12-11-18-6-4-14(12)19-17(20)5-9-25(21,22)13-2-3-15-16(10-13)24-8-7-23-15;/h2-3,10,12,14,18H,4-9,11H2,1H3,(H,19,20);1H. The smallest absolute Gasteiger partial charge is 0.221 e. The van der Waals surface area contributed by atoms with Crippen LogP contribution in [0.4, 0.5) is 0 Å². The van der Waals surface area contributed by atoms with Crippen LogP contribution in [0.1, 0.15) is 19.8 Å². The highest BCUT2D eigenvalue weighted by Crippen LogP contribution is 2.32. The summed E-state index contributed by atoms with van der Waals surface area (Å²) in [4.78, 5) is 12.3. The molecule has 2 heterocycles. The molecule has 7 nitrogen and oxygen atoms in total. The fourth-order valence-corrected chi connectivity index (χ4v) is 4.32. The van der Waals surface area contributed by atoms with Crippen LogP contribution in [0.2, 0.25) is 0 Å². The van der Waals surface area contributed by atoms with Crippen molar-refractivity contribution in [3.63, 3.8) is 0 Å². The van der Waals surface area contributed by atoms with Gasteiger partial charge in [-0.15, -0.1) is 12.4 Å². The van der Waals surface area contributed by atoms with Gasteiger partial charge in [0, 0.05) is 18.5 Å². The lowest BCUT2D eigenvalue weighted by molar-refractivity contribution is -0.121. The fourth-order valence-electron chi connectivity index (χ4n) is 3.07. The number of rotatable bonds is 5. The predicted octanol–water partition coefficient (Wildman–Crippen LogP) is 1.16. The summed E-state index contributed by atoms with van der Waals surface area (Å²) in [6.07, 6.45) is 0.815. The molecule has 0 spiro atoms. The summed E-state index contributed by atoms with van der Waals surface area (Å²) in [6, 6.07) is 4.66. The largest absolute Gasteiger partial charge is 0.486 e. The number of piperidine rings is 1. The molecule has 2 aliphatic rings. The SMILES string of the molecule is CC1CNCCC1NC(=O)CCS(=O)(=O)c1ccc2c(c1)OCCO2.Cl. The maximum absolute atomic E-state index is 12.5. The van der Waals surface area contributed by atoms with Gasteiger partial charge in [0.15, 0.2) is 21.3 Å². The lowest BCUT2D eigenvalue weighted by Gasteiger charge is -2.30. The zero-order chi connectivity index (χ0) is 17.9. The Bertz CT molecular complexity index is 741. The van der Waals surface area contributed by atoms with E-state index in [9.17, 15) is 13.2 Å². The molecule has 0 radical (unpaired) electrons. The van der Waals surface area contributed by atoms with Gasteiger partial charge in [0.1, 0.15) is 13.2 Å². The van der Waals surface area contributed by atoms with Crippen molar-refractivity contribution in [2.24, 2.45) is 5.92 Å². The third-order valence-electron chi connectivity index (χ3n) is 4.60. The second-order valence-electron chi connectivity index (χ2n) is 6.52. The number of carbonyl (C=O) groups is 1. The lowest BCUT2D eigenvalue weighted by Crippen LogP contribution is -2.48. The quantitative estimate of drug-likeness (QED) is 0.764. The first-order valence-corrected chi connectivity index (χ1v) is 10.2. The Labute approximate surface area is 160 Å². The molecule has 3 rings (SSSR count). The van der Waals surface area contributed by atoms with Gasteiger partial charge in [-0.25, -0.2) is 8.42 Å². The number of benzene rings is 1. The Morgan fingerprint density at radius 1 is 1.27 bits per heavy atom. The Hall–Kier alpha value is -1.51. The van der Waals surface area contributed by atoms with Crippen molar-refractivity contribution in [3.05, 3.63) is 18.2 Å². The molecule has 1 amide bonds. The molecule has 146 valence electrons. The molecular weight excluding hydrogens is 380 g/mol. The Balaban J connectivity index is 0.00000243. The molecule has 1 fully saturated rings. The number of nitrogens with one attached hydrogen (secondary N) is 2. The van der Waals surface area contributed by atoms with E-state index in [2.05, 4.69) is 17.6 Å². The van der Waals surface area contributed by atoms with Gasteiger partial charge >= 0.3 is 0 Å². The summed E-state index contributed by atoms with van der Waals surface area (Å²) >= 11 is 0. The highest BCUT2D eigenvalue weighted by Gasteiger charge is 2.24. The molecule has 9 heteroatoms. The molecular formula is C17H25ClN2O5S. The summed E-state index contributed by atoms with van der Waals surface area (Å²) in [5.74, 6) is 0.868. The third kappa shape index (κ3) is 5.02. The topological polar surface area (TPSA) is 93.7 Å². The summed E-state index contributed by atoms with van der Waals surface area (Å²) in [7, 11) is -3.55. The van der Waals surface area contributed by atoms with Crippen LogP contribution in [0.15, 0.2) is 23.1 Å². The third-order valence-corrected chi connectivity index (χ3v) is 6.32. The van der Waals surface area contributed by atoms with Crippen molar-refractivity contribution in [1.82, 2.24) is 10.6 Å². The van der Waals surface area contributed by atoms with Gasteiger partial charge in [-0.1, -0.05) is 6.92 Å². The van der Waals surface area contributed by atoms with Gasteiger partial charge in [0.2, 0.25) is 5.91 Å². The summed E-state index contributed by atoms with van der Waals surface area (Å²) in [6.45, 7) is 4.65. The maximum Gasteiger partial charge on any atom is 0.221 e. The number of ether oxygens (including phenoxy) is 2. The Morgan fingerprint density at radius 3 is 2.73 bits per heavy atom. The van der Waals surface area contributed by atoms with E-state index < -0.39 is 9.84 Å². The highest BCUT2D eigenvalue weighted by molar-refractivity contribution is 7.91. The summed E-state index contributed by atoms with van der Waals surface area (Å²) in [5, 5.41) is 6.23. The van der Waals surface area contributed by atoms with Gasteiger partial charge in [-0.05, 0) is 37.6 Å². The second kappa shape index (κ2) is 8.92. The van der Waals surface area contributed by atoms with E-state index in [0.717, 1.165) is 19.5 Å². The first-order valence-electron chi connectivity index (χ1n) is 8.58. The number of hydrogen-bond donors (Lipinski definition) is 2. The normalized spacial score (nSPS) is 22.2. The molecule has 26 heavy (non-hydrogen) atoms. The zero-order valence-corrected chi connectivity index (χ0v) is 16.3. The average molecular weight is 405 g/mol. The van der Waals surface area contributed by atoms with E-state index in [0.29, 0.717) is 30.6 Å². The molecule has 0 saturated carbocycles. The van der Waals surface area contributed by atoms with Crippen LogP contribution in [0.3, 0.4) is 0 Å². The molecule has 2 N–H and O–H groups in total. The fraction of sp³-hybridized carbons (Fsp3) is 0.588. The van der Waals surface area contributed by atoms with Crippen molar-refractivity contribution in [2.45, 2.75) is 30.7 Å². The van der Waals surface area contributed by atoms with Gasteiger partial charge < -0.3 is 20.1 Å². The van der Waals surface area contributed by atoms with Crippen LogP contribution in [0.5, 0.6) is 11.5 Å². The lowest BCUT2D eigenvalue weighted by atomic mass is 9.95. The molecule has 2 aliphatic heterocycles. The molecule has 0 aromatic heterocycles. The highest BCUT2D eigenvalue weighted by atomic mass is 35.5.